The average molecular weight is 377 g/mol. The van der Waals surface area contributed by atoms with E-state index in [9.17, 15) is 22.8 Å². The van der Waals surface area contributed by atoms with E-state index in [1.54, 1.807) is 4.90 Å². The summed E-state index contributed by atoms with van der Waals surface area (Å²) in [4.78, 5) is 32.0. The number of hydrogen-bond donors (Lipinski definition) is 1. The van der Waals surface area contributed by atoms with Gasteiger partial charge >= 0.3 is 6.18 Å². The Morgan fingerprint density at radius 1 is 1.40 bits per heavy atom. The number of halogens is 3. The molecule has 1 aliphatic rings. The first-order chi connectivity index (χ1) is 11.6. The van der Waals surface area contributed by atoms with Crippen LogP contribution in [-0.2, 0) is 11.0 Å². The first-order valence-electron chi connectivity index (χ1n) is 8.25. The molecule has 1 fully saturated rings. The zero-order valence-electron chi connectivity index (χ0n) is 14.4. The van der Waals surface area contributed by atoms with Crippen molar-refractivity contribution in [2.45, 2.75) is 62.7 Å². The first-order valence-corrected chi connectivity index (χ1v) is 9.13. The maximum absolute atomic E-state index is 12.9. The fourth-order valence-electron chi connectivity index (χ4n) is 2.82. The normalized spacial score (nSPS) is 20.0. The van der Waals surface area contributed by atoms with E-state index in [2.05, 4.69) is 9.97 Å². The van der Waals surface area contributed by atoms with E-state index < -0.39 is 22.7 Å². The van der Waals surface area contributed by atoms with Gasteiger partial charge in [0.1, 0.15) is 0 Å². The van der Waals surface area contributed by atoms with Crippen molar-refractivity contribution < 1.29 is 18.0 Å². The van der Waals surface area contributed by atoms with E-state index in [-0.39, 0.29) is 23.0 Å². The van der Waals surface area contributed by atoms with Crippen LogP contribution in [0.4, 0.5) is 13.2 Å². The van der Waals surface area contributed by atoms with E-state index in [1.165, 1.54) is 0 Å². The van der Waals surface area contributed by atoms with Crippen molar-refractivity contribution in [2.24, 2.45) is 5.92 Å². The molecule has 0 aromatic carbocycles. The lowest BCUT2D eigenvalue weighted by molar-refractivity contribution is -0.141. The Bertz CT molecular complexity index is 675. The number of thioether (sulfide) groups is 1. The Balaban J connectivity index is 2.26. The predicted octanol–water partition coefficient (Wildman–Crippen LogP) is 3.31. The summed E-state index contributed by atoms with van der Waals surface area (Å²) in [5.41, 5.74) is -2.13. The van der Waals surface area contributed by atoms with E-state index in [0.29, 0.717) is 12.6 Å². The fourth-order valence-corrected chi connectivity index (χ4v) is 3.88. The SMILES string of the molecule is CC(C)C(Sc1nc(C(F)(F)F)cc(=O)[nH]1)C(=O)N1CCCCC1C. The van der Waals surface area contributed by atoms with Gasteiger partial charge in [-0.3, -0.25) is 9.59 Å². The second-order valence-corrected chi connectivity index (χ2v) is 7.72. The largest absolute Gasteiger partial charge is 0.433 e. The molecule has 2 heterocycles. The van der Waals surface area contributed by atoms with E-state index in [0.717, 1.165) is 31.0 Å². The summed E-state index contributed by atoms with van der Waals surface area (Å²) in [7, 11) is 0. The molecule has 1 saturated heterocycles. The minimum Gasteiger partial charge on any atom is -0.339 e. The van der Waals surface area contributed by atoms with Crippen LogP contribution in [-0.4, -0.2) is 38.6 Å². The quantitative estimate of drug-likeness (QED) is 0.646. The van der Waals surface area contributed by atoms with Crippen molar-refractivity contribution in [3.8, 4) is 0 Å². The highest BCUT2D eigenvalue weighted by Crippen LogP contribution is 2.32. The Kier molecular flexibility index (Phi) is 6.18. The van der Waals surface area contributed by atoms with Gasteiger partial charge in [0.2, 0.25) is 5.91 Å². The Labute approximate surface area is 148 Å². The summed E-state index contributed by atoms with van der Waals surface area (Å²) in [6.45, 7) is 6.28. The average Bonchev–Trinajstić information content (AvgIpc) is 2.51. The maximum atomic E-state index is 12.9. The molecular weight excluding hydrogens is 355 g/mol. The number of aromatic nitrogens is 2. The van der Waals surface area contributed by atoms with Gasteiger partial charge in [0, 0.05) is 18.7 Å². The number of H-pyrrole nitrogens is 1. The molecule has 0 aliphatic carbocycles. The zero-order valence-corrected chi connectivity index (χ0v) is 15.2. The van der Waals surface area contributed by atoms with Crippen LogP contribution in [0.5, 0.6) is 0 Å². The van der Waals surface area contributed by atoms with Crippen molar-refractivity contribution in [1.82, 2.24) is 14.9 Å². The molecule has 2 rings (SSSR count). The molecule has 0 radical (unpaired) electrons. The Morgan fingerprint density at radius 2 is 2.08 bits per heavy atom. The molecule has 1 aromatic heterocycles. The van der Waals surface area contributed by atoms with Gasteiger partial charge in [-0.05, 0) is 32.1 Å². The molecule has 9 heteroatoms. The van der Waals surface area contributed by atoms with Crippen LogP contribution < -0.4 is 5.56 Å². The molecule has 2 unspecified atom stereocenters. The van der Waals surface area contributed by atoms with Crippen LogP contribution in [0.1, 0.15) is 45.7 Å². The van der Waals surface area contributed by atoms with Gasteiger partial charge in [0.05, 0.1) is 5.25 Å². The second-order valence-electron chi connectivity index (χ2n) is 6.59. The van der Waals surface area contributed by atoms with E-state index in [4.69, 9.17) is 0 Å². The highest BCUT2D eigenvalue weighted by Gasteiger charge is 2.35. The van der Waals surface area contributed by atoms with Crippen molar-refractivity contribution in [3.63, 3.8) is 0 Å². The number of piperidine rings is 1. The summed E-state index contributed by atoms with van der Waals surface area (Å²) >= 11 is 0.887. The number of amides is 1. The van der Waals surface area contributed by atoms with Crippen LogP contribution in [0, 0.1) is 5.92 Å². The van der Waals surface area contributed by atoms with Crippen LogP contribution >= 0.6 is 11.8 Å². The summed E-state index contributed by atoms with van der Waals surface area (Å²) in [6, 6.07) is 0.528. The third-order valence-corrected chi connectivity index (χ3v) is 5.60. The summed E-state index contributed by atoms with van der Waals surface area (Å²) in [5.74, 6) is -0.237. The lowest BCUT2D eigenvalue weighted by Crippen LogP contribution is -2.47. The highest BCUT2D eigenvalue weighted by atomic mass is 32.2. The van der Waals surface area contributed by atoms with Crippen molar-refractivity contribution in [1.29, 1.82) is 0 Å². The number of carbonyl (C=O) groups is 1. The number of carbonyl (C=O) groups excluding carboxylic acids is 1. The third kappa shape index (κ3) is 4.99. The molecule has 1 amide bonds. The molecule has 140 valence electrons. The fraction of sp³-hybridized carbons (Fsp3) is 0.688. The number of aromatic amines is 1. The second kappa shape index (κ2) is 7.80. The first kappa shape index (κ1) is 19.8. The third-order valence-electron chi connectivity index (χ3n) is 4.18. The number of hydrogen-bond acceptors (Lipinski definition) is 4. The molecule has 5 nitrogen and oxygen atoms in total. The molecule has 1 aromatic rings. The van der Waals surface area contributed by atoms with Crippen LogP contribution in [0.3, 0.4) is 0 Å². The lowest BCUT2D eigenvalue weighted by Gasteiger charge is -2.36. The van der Waals surface area contributed by atoms with Gasteiger partial charge < -0.3 is 9.88 Å². The molecular formula is C16H22F3N3O2S. The number of rotatable bonds is 4. The van der Waals surface area contributed by atoms with E-state index in [1.807, 2.05) is 20.8 Å². The summed E-state index contributed by atoms with van der Waals surface area (Å²) < 4.78 is 38.5. The maximum Gasteiger partial charge on any atom is 0.433 e. The Hall–Kier alpha value is -1.51. The minimum atomic E-state index is -4.71. The van der Waals surface area contributed by atoms with Gasteiger partial charge in [-0.25, -0.2) is 4.98 Å². The van der Waals surface area contributed by atoms with Crippen molar-refractivity contribution in [2.75, 3.05) is 6.54 Å². The van der Waals surface area contributed by atoms with Crippen LogP contribution in [0.15, 0.2) is 16.0 Å². The number of alkyl halides is 3. The van der Waals surface area contributed by atoms with E-state index >= 15 is 0 Å². The lowest BCUT2D eigenvalue weighted by atomic mass is 10.0. The monoisotopic (exact) mass is 377 g/mol. The molecule has 25 heavy (non-hydrogen) atoms. The minimum absolute atomic E-state index is 0.108. The highest BCUT2D eigenvalue weighted by molar-refractivity contribution is 8.00. The van der Waals surface area contributed by atoms with Crippen molar-refractivity contribution in [3.05, 3.63) is 22.1 Å². The molecule has 0 spiro atoms. The van der Waals surface area contributed by atoms with Gasteiger partial charge in [-0.1, -0.05) is 25.6 Å². The molecule has 1 N–H and O–H groups in total. The molecule has 0 bridgehead atoms. The molecule has 2 atom stereocenters. The smallest absolute Gasteiger partial charge is 0.339 e. The summed E-state index contributed by atoms with van der Waals surface area (Å²) in [6.07, 6.45) is -1.81. The van der Waals surface area contributed by atoms with Gasteiger partial charge in [0.15, 0.2) is 10.9 Å². The molecule has 0 saturated carbocycles. The Morgan fingerprint density at radius 3 is 2.64 bits per heavy atom. The standard InChI is InChI=1S/C16H22F3N3O2S/c1-9(2)13(14(24)22-7-5-4-6-10(22)3)25-15-20-11(16(17,18)19)8-12(23)21-15/h8-10,13H,4-7H2,1-3H3,(H,20,21,23). The van der Waals surface area contributed by atoms with Crippen LogP contribution in [0.25, 0.3) is 0 Å². The van der Waals surface area contributed by atoms with Crippen molar-refractivity contribution >= 4 is 17.7 Å². The topological polar surface area (TPSA) is 66.1 Å². The number of nitrogens with zero attached hydrogens (tertiary/aromatic N) is 2. The molecule has 1 aliphatic heterocycles. The van der Waals surface area contributed by atoms with Gasteiger partial charge in [-0.15, -0.1) is 0 Å². The van der Waals surface area contributed by atoms with Gasteiger partial charge in [0.25, 0.3) is 5.56 Å². The predicted molar refractivity (Wildman–Crippen MR) is 89.4 cm³/mol. The van der Waals surface area contributed by atoms with Gasteiger partial charge in [-0.2, -0.15) is 13.2 Å². The number of likely N-dealkylation sites (tertiary alicyclic amines) is 1. The summed E-state index contributed by atoms with van der Waals surface area (Å²) in [5, 5.41) is -0.788. The zero-order chi connectivity index (χ0) is 18.8. The van der Waals surface area contributed by atoms with Crippen LogP contribution in [0.2, 0.25) is 0 Å². The number of nitrogens with one attached hydrogen (secondary N) is 1.